The monoisotopic (exact) mass is 299 g/mol. The van der Waals surface area contributed by atoms with Gasteiger partial charge in [0.2, 0.25) is 0 Å². The zero-order chi connectivity index (χ0) is 14.5. The summed E-state index contributed by atoms with van der Waals surface area (Å²) in [5, 5.41) is 5.32. The van der Waals surface area contributed by atoms with E-state index >= 15 is 0 Å². The Labute approximate surface area is 131 Å². The number of nitrogens with one attached hydrogen (secondary N) is 1. The van der Waals surface area contributed by atoms with E-state index in [9.17, 15) is 0 Å². The molecule has 2 heterocycles. The summed E-state index contributed by atoms with van der Waals surface area (Å²) in [5.41, 5.74) is 2.84. The molecule has 0 aromatic heterocycles. The molecule has 3 heteroatoms. The minimum atomic E-state index is 0.569. The lowest BCUT2D eigenvalue weighted by molar-refractivity contribution is 0.266. The summed E-state index contributed by atoms with van der Waals surface area (Å²) < 4.78 is 5.83. The molecule has 0 amide bonds. The van der Waals surface area contributed by atoms with Gasteiger partial charge in [-0.05, 0) is 79.2 Å². The first-order valence-corrected chi connectivity index (χ1v) is 8.38. The van der Waals surface area contributed by atoms with Gasteiger partial charge in [-0.25, -0.2) is 0 Å². The molecular weight excluding hydrogens is 278 g/mol. The van der Waals surface area contributed by atoms with Crippen molar-refractivity contribution in [2.45, 2.75) is 37.0 Å². The van der Waals surface area contributed by atoms with Crippen LogP contribution >= 0.6 is 11.8 Å². The van der Waals surface area contributed by atoms with E-state index in [0.717, 1.165) is 31.6 Å². The highest BCUT2D eigenvalue weighted by Crippen LogP contribution is 2.40. The van der Waals surface area contributed by atoms with Crippen molar-refractivity contribution in [2.75, 3.05) is 6.61 Å². The van der Waals surface area contributed by atoms with Gasteiger partial charge in [0, 0.05) is 4.90 Å². The summed E-state index contributed by atoms with van der Waals surface area (Å²) >= 11 is 1.77. The van der Waals surface area contributed by atoms with Crippen LogP contribution in [0.25, 0.3) is 0 Å². The van der Waals surface area contributed by atoms with Crippen molar-refractivity contribution in [3.63, 3.8) is 0 Å². The minimum Gasteiger partial charge on any atom is -0.493 e. The Morgan fingerprint density at radius 3 is 3.19 bits per heavy atom. The second-order valence-electron chi connectivity index (χ2n) is 5.40. The predicted octanol–water partition coefficient (Wildman–Crippen LogP) is 4.96. The van der Waals surface area contributed by atoms with E-state index in [0.29, 0.717) is 5.92 Å². The van der Waals surface area contributed by atoms with Crippen LogP contribution in [-0.4, -0.2) is 6.61 Å². The fraction of sp³-hybridized carbons (Fsp3) is 0.333. The Balaban J connectivity index is 1.80. The maximum Gasteiger partial charge on any atom is 0.122 e. The zero-order valence-electron chi connectivity index (χ0n) is 12.3. The van der Waals surface area contributed by atoms with Gasteiger partial charge in [-0.15, -0.1) is 0 Å². The normalized spacial score (nSPS) is 20.6. The minimum absolute atomic E-state index is 0.569. The second-order valence-corrected chi connectivity index (χ2v) is 6.38. The summed E-state index contributed by atoms with van der Waals surface area (Å²) in [6.45, 7) is 2.88. The van der Waals surface area contributed by atoms with Crippen LogP contribution in [-0.2, 0) is 0 Å². The highest BCUT2D eigenvalue weighted by Gasteiger charge is 2.23. The van der Waals surface area contributed by atoms with E-state index in [4.69, 9.17) is 4.74 Å². The quantitative estimate of drug-likeness (QED) is 0.794. The summed E-state index contributed by atoms with van der Waals surface area (Å²) in [7, 11) is 0. The SMILES string of the molecule is C/C=C/Sc1ccc2c(c1)C(CC1=CNC=CC1)CCO2. The van der Waals surface area contributed by atoms with Gasteiger partial charge in [0.25, 0.3) is 0 Å². The highest BCUT2D eigenvalue weighted by molar-refractivity contribution is 8.02. The van der Waals surface area contributed by atoms with Crippen molar-refractivity contribution in [1.82, 2.24) is 5.32 Å². The first kappa shape index (κ1) is 14.3. The van der Waals surface area contributed by atoms with Gasteiger partial charge in [0.1, 0.15) is 5.75 Å². The first-order chi connectivity index (χ1) is 10.4. The van der Waals surface area contributed by atoms with Crippen LogP contribution in [0.3, 0.4) is 0 Å². The fourth-order valence-corrected chi connectivity index (χ4v) is 3.47. The van der Waals surface area contributed by atoms with Crippen LogP contribution in [0.1, 0.15) is 37.7 Å². The molecule has 0 spiro atoms. The average molecular weight is 299 g/mol. The van der Waals surface area contributed by atoms with Crippen LogP contribution in [0.15, 0.2) is 58.6 Å². The lowest BCUT2D eigenvalue weighted by Crippen LogP contribution is -2.15. The van der Waals surface area contributed by atoms with Crippen molar-refractivity contribution in [1.29, 1.82) is 0 Å². The van der Waals surface area contributed by atoms with E-state index in [1.807, 2.05) is 13.1 Å². The molecule has 0 saturated carbocycles. The van der Waals surface area contributed by atoms with Crippen LogP contribution in [0, 0.1) is 0 Å². The Morgan fingerprint density at radius 2 is 2.38 bits per heavy atom. The Bertz CT molecular complexity index is 589. The fourth-order valence-electron chi connectivity index (χ4n) is 2.84. The van der Waals surface area contributed by atoms with Crippen LogP contribution in [0.2, 0.25) is 0 Å². The molecule has 2 aliphatic heterocycles. The molecular formula is C18H21NOS. The smallest absolute Gasteiger partial charge is 0.122 e. The van der Waals surface area contributed by atoms with E-state index in [1.165, 1.54) is 16.0 Å². The molecule has 0 radical (unpaired) electrons. The predicted molar refractivity (Wildman–Crippen MR) is 89.6 cm³/mol. The van der Waals surface area contributed by atoms with Crippen molar-refractivity contribution in [3.8, 4) is 5.75 Å². The third-order valence-electron chi connectivity index (χ3n) is 3.88. The average Bonchev–Trinajstić information content (AvgIpc) is 2.54. The third-order valence-corrected chi connectivity index (χ3v) is 4.81. The van der Waals surface area contributed by atoms with Crippen molar-refractivity contribution < 1.29 is 4.74 Å². The molecule has 21 heavy (non-hydrogen) atoms. The topological polar surface area (TPSA) is 21.3 Å². The molecule has 0 aliphatic carbocycles. The summed E-state index contributed by atoms with van der Waals surface area (Å²) in [5.74, 6) is 1.63. The zero-order valence-corrected chi connectivity index (χ0v) is 13.2. The van der Waals surface area contributed by atoms with Gasteiger partial charge in [0.05, 0.1) is 6.61 Å². The summed E-state index contributed by atoms with van der Waals surface area (Å²) in [4.78, 5) is 1.29. The molecule has 3 rings (SSSR count). The lowest BCUT2D eigenvalue weighted by atomic mass is 9.86. The Kier molecular flexibility index (Phi) is 4.71. The lowest BCUT2D eigenvalue weighted by Gasteiger charge is -2.27. The molecule has 2 aliphatic rings. The van der Waals surface area contributed by atoms with Crippen LogP contribution in [0.4, 0.5) is 0 Å². The summed E-state index contributed by atoms with van der Waals surface area (Å²) in [6, 6.07) is 6.58. The molecule has 1 aromatic carbocycles. The van der Waals surface area contributed by atoms with E-state index in [2.05, 4.69) is 47.3 Å². The van der Waals surface area contributed by atoms with Crippen LogP contribution < -0.4 is 10.1 Å². The maximum absolute atomic E-state index is 5.83. The van der Waals surface area contributed by atoms with E-state index in [-0.39, 0.29) is 0 Å². The molecule has 1 atom stereocenters. The largest absolute Gasteiger partial charge is 0.493 e. The van der Waals surface area contributed by atoms with Crippen molar-refractivity contribution >= 4 is 11.8 Å². The van der Waals surface area contributed by atoms with E-state index < -0.39 is 0 Å². The molecule has 0 saturated heterocycles. The number of thioether (sulfide) groups is 1. The van der Waals surface area contributed by atoms with Gasteiger partial charge < -0.3 is 10.1 Å². The molecule has 2 nitrogen and oxygen atoms in total. The number of ether oxygens (including phenoxy) is 1. The van der Waals surface area contributed by atoms with E-state index in [1.54, 1.807) is 11.8 Å². The highest BCUT2D eigenvalue weighted by atomic mass is 32.2. The molecule has 0 fully saturated rings. The first-order valence-electron chi connectivity index (χ1n) is 7.50. The molecule has 110 valence electrons. The number of allylic oxidation sites excluding steroid dienone is 3. The number of rotatable bonds is 4. The number of benzene rings is 1. The van der Waals surface area contributed by atoms with Gasteiger partial charge in [-0.3, -0.25) is 0 Å². The number of hydrogen-bond acceptors (Lipinski definition) is 3. The molecule has 1 N–H and O–H groups in total. The number of dihydropyridines is 1. The Morgan fingerprint density at radius 1 is 1.43 bits per heavy atom. The van der Waals surface area contributed by atoms with Crippen LogP contribution in [0.5, 0.6) is 5.75 Å². The maximum atomic E-state index is 5.83. The molecule has 1 unspecified atom stereocenters. The number of hydrogen-bond donors (Lipinski definition) is 1. The number of fused-ring (bicyclic) bond motifs is 1. The second kappa shape index (κ2) is 6.90. The molecule has 1 aromatic rings. The standard InChI is InChI=1S/C18H21NOS/c1-2-10-21-16-5-6-18-17(12-16)15(7-9-20-18)11-14-4-3-8-19-13-14/h2-3,5-6,8,10,12-13,15,19H,4,7,9,11H2,1H3/b10-2+. The van der Waals surface area contributed by atoms with Gasteiger partial charge in [-0.2, -0.15) is 0 Å². The van der Waals surface area contributed by atoms with Gasteiger partial charge in [0.15, 0.2) is 0 Å². The van der Waals surface area contributed by atoms with Crippen molar-refractivity contribution in [2.24, 2.45) is 0 Å². The summed E-state index contributed by atoms with van der Waals surface area (Å²) in [6.07, 6.45) is 11.7. The van der Waals surface area contributed by atoms with Gasteiger partial charge in [-0.1, -0.05) is 23.9 Å². The van der Waals surface area contributed by atoms with Gasteiger partial charge >= 0.3 is 0 Å². The Hall–Kier alpha value is -1.61. The van der Waals surface area contributed by atoms with Crippen molar-refractivity contribution in [3.05, 3.63) is 59.3 Å². The molecule has 0 bridgehead atoms. The third kappa shape index (κ3) is 3.53.